The number of alkyl halides is 2. The Kier molecular flexibility index (Phi) is 3.87. The van der Waals surface area contributed by atoms with Crippen LogP contribution in [-0.2, 0) is 0 Å². The van der Waals surface area contributed by atoms with Crippen LogP contribution < -0.4 is 10.5 Å². The molecule has 20 heavy (non-hydrogen) atoms. The summed E-state index contributed by atoms with van der Waals surface area (Å²) in [6, 6.07) is 0.0386. The van der Waals surface area contributed by atoms with Crippen molar-refractivity contribution in [1.82, 2.24) is 9.97 Å². The lowest BCUT2D eigenvalue weighted by molar-refractivity contribution is -0.0385. The molecule has 2 rings (SSSR count). The molecule has 5 nitrogen and oxygen atoms in total. The Hall–Kier alpha value is -1.79. The van der Waals surface area contributed by atoms with Crippen molar-refractivity contribution in [2.24, 2.45) is 5.73 Å². The van der Waals surface area contributed by atoms with Crippen molar-refractivity contribution < 1.29 is 18.3 Å². The number of ether oxygens (including phenoxy) is 1. The van der Waals surface area contributed by atoms with Gasteiger partial charge in [0.2, 0.25) is 5.92 Å². The molecule has 1 aromatic rings. The second kappa shape index (κ2) is 5.30. The minimum atomic E-state index is -2.60. The molecule has 7 heteroatoms. The van der Waals surface area contributed by atoms with E-state index in [2.05, 4.69) is 9.97 Å². The van der Waals surface area contributed by atoms with Crippen LogP contribution in [0.15, 0.2) is 0 Å². The number of methoxy groups -OCH3 is 1. The molecule has 1 saturated carbocycles. The van der Waals surface area contributed by atoms with E-state index in [-0.39, 0.29) is 30.5 Å². The summed E-state index contributed by atoms with van der Waals surface area (Å²) >= 11 is 0. The van der Waals surface area contributed by atoms with Crippen LogP contribution in [0.4, 0.5) is 8.78 Å². The number of nitrogens with zero attached hydrogens (tertiary/aromatic N) is 2. The molecule has 0 spiro atoms. The number of halogens is 2. The van der Waals surface area contributed by atoms with Crippen molar-refractivity contribution in [3.8, 4) is 6.01 Å². The van der Waals surface area contributed by atoms with Gasteiger partial charge in [-0.25, -0.2) is 8.78 Å². The quantitative estimate of drug-likeness (QED) is 0.923. The largest absolute Gasteiger partial charge is 0.467 e. The highest BCUT2D eigenvalue weighted by molar-refractivity contribution is 5.92. The van der Waals surface area contributed by atoms with Gasteiger partial charge in [0.25, 0.3) is 5.91 Å². The second-order valence-electron chi connectivity index (χ2n) is 5.06. The summed E-state index contributed by atoms with van der Waals surface area (Å²) < 4.78 is 31.4. The van der Waals surface area contributed by atoms with Crippen LogP contribution in [-0.4, -0.2) is 28.9 Å². The minimum absolute atomic E-state index is 0.0386. The Morgan fingerprint density at radius 3 is 2.45 bits per heavy atom. The van der Waals surface area contributed by atoms with Crippen LogP contribution in [0.2, 0.25) is 0 Å². The molecule has 1 aliphatic rings. The third-order valence-corrected chi connectivity index (χ3v) is 3.68. The van der Waals surface area contributed by atoms with Gasteiger partial charge in [0.15, 0.2) is 0 Å². The number of carbonyl (C=O) groups is 1. The van der Waals surface area contributed by atoms with Gasteiger partial charge in [0, 0.05) is 24.3 Å². The molecule has 0 radical (unpaired) electrons. The summed E-state index contributed by atoms with van der Waals surface area (Å²) in [6.07, 6.45) is 0.309. The Morgan fingerprint density at radius 1 is 1.35 bits per heavy atom. The molecule has 1 fully saturated rings. The van der Waals surface area contributed by atoms with Gasteiger partial charge in [-0.3, -0.25) is 4.79 Å². The maximum Gasteiger partial charge on any atom is 0.317 e. The zero-order valence-corrected chi connectivity index (χ0v) is 11.4. The smallest absolute Gasteiger partial charge is 0.317 e. The summed E-state index contributed by atoms with van der Waals surface area (Å²) in [5, 5.41) is 0. The van der Waals surface area contributed by atoms with Crippen molar-refractivity contribution in [3.05, 3.63) is 17.0 Å². The van der Waals surface area contributed by atoms with E-state index in [1.54, 1.807) is 6.92 Å². The second-order valence-corrected chi connectivity index (χ2v) is 5.06. The summed E-state index contributed by atoms with van der Waals surface area (Å²) in [5.74, 6) is -3.40. The van der Waals surface area contributed by atoms with Gasteiger partial charge in [-0.1, -0.05) is 0 Å². The maximum absolute atomic E-state index is 13.2. The lowest BCUT2D eigenvalue weighted by atomic mass is 9.83. The predicted molar refractivity (Wildman–Crippen MR) is 68.0 cm³/mol. The van der Waals surface area contributed by atoms with Crippen LogP contribution in [0.5, 0.6) is 6.01 Å². The number of hydrogen-bond acceptors (Lipinski definition) is 4. The summed E-state index contributed by atoms with van der Waals surface area (Å²) in [5.41, 5.74) is 6.50. The summed E-state index contributed by atoms with van der Waals surface area (Å²) in [4.78, 5) is 19.5. The van der Waals surface area contributed by atoms with Crippen molar-refractivity contribution in [2.45, 2.75) is 44.4 Å². The van der Waals surface area contributed by atoms with Crippen molar-refractivity contribution in [2.75, 3.05) is 7.11 Å². The fraction of sp³-hybridized carbons (Fsp3) is 0.615. The van der Waals surface area contributed by atoms with Crippen molar-refractivity contribution >= 4 is 5.91 Å². The van der Waals surface area contributed by atoms with Gasteiger partial charge < -0.3 is 10.5 Å². The lowest BCUT2D eigenvalue weighted by Gasteiger charge is -2.28. The van der Waals surface area contributed by atoms with E-state index in [4.69, 9.17) is 10.5 Å². The van der Waals surface area contributed by atoms with Gasteiger partial charge >= 0.3 is 6.01 Å². The molecular formula is C13H17F2N3O2. The average molecular weight is 285 g/mol. The van der Waals surface area contributed by atoms with Gasteiger partial charge in [0.1, 0.15) is 5.69 Å². The van der Waals surface area contributed by atoms with E-state index in [0.29, 0.717) is 24.1 Å². The number of nitrogens with two attached hydrogens (primary N) is 1. The van der Waals surface area contributed by atoms with Gasteiger partial charge in [-0.2, -0.15) is 9.97 Å². The molecule has 1 amide bonds. The van der Waals surface area contributed by atoms with Crippen LogP contribution in [0.1, 0.15) is 53.3 Å². The molecular weight excluding hydrogens is 268 g/mol. The average Bonchev–Trinajstić information content (AvgIpc) is 2.39. The molecule has 0 aliphatic heterocycles. The zero-order chi connectivity index (χ0) is 14.9. The number of carbonyl (C=O) groups excluding carboxylic acids is 1. The maximum atomic E-state index is 13.2. The van der Waals surface area contributed by atoms with E-state index < -0.39 is 11.8 Å². The van der Waals surface area contributed by atoms with E-state index in [1.807, 2.05) is 0 Å². The highest BCUT2D eigenvalue weighted by Crippen LogP contribution is 2.41. The highest BCUT2D eigenvalue weighted by atomic mass is 19.3. The number of primary amides is 1. The molecule has 110 valence electrons. The monoisotopic (exact) mass is 285 g/mol. The molecule has 1 aromatic heterocycles. The standard InChI is InChI=1S/C13H17F2N3O2/c1-7-9(8-3-5-13(14,15)6-4-8)17-12(20-2)18-10(7)11(16)19/h8H,3-6H2,1-2H3,(H2,16,19). The molecule has 0 saturated heterocycles. The number of aromatic nitrogens is 2. The molecule has 0 bridgehead atoms. The fourth-order valence-corrected chi connectivity index (χ4v) is 2.55. The molecule has 2 N–H and O–H groups in total. The normalized spacial score (nSPS) is 18.8. The summed E-state index contributed by atoms with van der Waals surface area (Å²) in [6.45, 7) is 1.68. The van der Waals surface area contributed by atoms with E-state index in [1.165, 1.54) is 7.11 Å². The minimum Gasteiger partial charge on any atom is -0.467 e. The molecule has 1 aliphatic carbocycles. The number of hydrogen-bond donors (Lipinski definition) is 1. The van der Waals surface area contributed by atoms with E-state index >= 15 is 0 Å². The molecule has 0 aromatic carbocycles. The van der Waals surface area contributed by atoms with Crippen LogP contribution >= 0.6 is 0 Å². The van der Waals surface area contributed by atoms with Crippen LogP contribution in [0.25, 0.3) is 0 Å². The van der Waals surface area contributed by atoms with Crippen molar-refractivity contribution in [3.63, 3.8) is 0 Å². The number of rotatable bonds is 3. The SMILES string of the molecule is COc1nc(C(N)=O)c(C)c(C2CCC(F)(F)CC2)n1. The van der Waals surface area contributed by atoms with Gasteiger partial charge in [-0.05, 0) is 19.8 Å². The Balaban J connectivity index is 2.36. The first-order valence-corrected chi connectivity index (χ1v) is 6.44. The van der Waals surface area contributed by atoms with Gasteiger partial charge in [-0.15, -0.1) is 0 Å². The predicted octanol–water partition coefficient (Wildman–Crippen LogP) is 2.19. The first-order chi connectivity index (χ1) is 9.34. The van der Waals surface area contributed by atoms with Crippen molar-refractivity contribution in [1.29, 1.82) is 0 Å². The third-order valence-electron chi connectivity index (χ3n) is 3.68. The first-order valence-electron chi connectivity index (χ1n) is 6.44. The van der Waals surface area contributed by atoms with Crippen LogP contribution in [0, 0.1) is 6.92 Å². The third kappa shape index (κ3) is 2.86. The highest BCUT2D eigenvalue weighted by Gasteiger charge is 2.37. The lowest BCUT2D eigenvalue weighted by Crippen LogP contribution is -2.25. The molecule has 0 atom stereocenters. The van der Waals surface area contributed by atoms with Crippen LogP contribution in [0.3, 0.4) is 0 Å². The fourth-order valence-electron chi connectivity index (χ4n) is 2.55. The topological polar surface area (TPSA) is 78.1 Å². The summed E-state index contributed by atoms with van der Waals surface area (Å²) in [7, 11) is 1.38. The van der Waals surface area contributed by atoms with E-state index in [0.717, 1.165) is 0 Å². The Bertz CT molecular complexity index is 525. The zero-order valence-electron chi connectivity index (χ0n) is 11.4. The Morgan fingerprint density at radius 2 is 1.95 bits per heavy atom. The molecule has 1 heterocycles. The van der Waals surface area contributed by atoms with E-state index in [9.17, 15) is 13.6 Å². The Labute approximate surface area is 115 Å². The number of amides is 1. The first kappa shape index (κ1) is 14.6. The molecule has 0 unspecified atom stereocenters. The van der Waals surface area contributed by atoms with Gasteiger partial charge in [0.05, 0.1) is 12.8 Å².